The fourth-order valence-electron chi connectivity index (χ4n) is 3.52. The first kappa shape index (κ1) is 22.2. The number of halogens is 2. The van der Waals surface area contributed by atoms with Gasteiger partial charge in [0.1, 0.15) is 0 Å². The van der Waals surface area contributed by atoms with Gasteiger partial charge in [-0.15, -0.1) is 11.6 Å². The number of rotatable bonds is 7. The van der Waals surface area contributed by atoms with Gasteiger partial charge in [-0.2, -0.15) is 0 Å². The third-order valence-electron chi connectivity index (χ3n) is 4.98. The quantitative estimate of drug-likeness (QED) is 0.489. The van der Waals surface area contributed by atoms with E-state index < -0.39 is 0 Å². The largest absolute Gasteiger partial charge is 0.392 e. The minimum Gasteiger partial charge on any atom is -0.392 e. The van der Waals surface area contributed by atoms with Gasteiger partial charge in [-0.05, 0) is 48.3 Å². The molecule has 0 saturated heterocycles. The van der Waals surface area contributed by atoms with Gasteiger partial charge in [0.15, 0.2) is 0 Å². The van der Waals surface area contributed by atoms with E-state index in [1.807, 2.05) is 30.5 Å². The van der Waals surface area contributed by atoms with E-state index >= 15 is 0 Å². The lowest BCUT2D eigenvalue weighted by Crippen LogP contribution is -2.05. The second-order valence-corrected chi connectivity index (χ2v) is 9.17. The molecule has 29 heavy (non-hydrogen) atoms. The average Bonchev–Trinajstić information content (AvgIpc) is 2.84. The molecule has 6 heteroatoms. The molecule has 2 aromatic rings. The second-order valence-electron chi connectivity index (χ2n) is 7.36. The third kappa shape index (κ3) is 5.18. The van der Waals surface area contributed by atoms with Crippen molar-refractivity contribution in [2.24, 2.45) is 0 Å². The highest BCUT2D eigenvalue weighted by atomic mass is 35.5. The topological polar surface area (TPSA) is 38.0 Å². The second kappa shape index (κ2) is 10.0. The minimum atomic E-state index is 0.0185. The molecule has 0 bridgehead atoms. The molecule has 154 valence electrons. The summed E-state index contributed by atoms with van der Waals surface area (Å²) in [5.41, 5.74) is 5.29. The van der Waals surface area contributed by atoms with E-state index in [1.165, 1.54) is 5.56 Å². The van der Waals surface area contributed by atoms with Crippen LogP contribution in [0.1, 0.15) is 48.7 Å². The Labute approximate surface area is 187 Å². The number of allylic oxidation sites excluding steroid dienone is 5. The summed E-state index contributed by atoms with van der Waals surface area (Å²) >= 11 is 14.2. The highest BCUT2D eigenvalue weighted by Gasteiger charge is 2.24. The van der Waals surface area contributed by atoms with Crippen LogP contribution in [0.4, 0.5) is 0 Å². The van der Waals surface area contributed by atoms with Gasteiger partial charge < -0.3 is 9.67 Å². The SMILES string of the molecule is Cc1c(CO)c(C(C)C)c(SC2=CC(CCl)=CCC(Cl)=C2)n1Cc1ccccn1. The Bertz CT molecular complexity index is 959. The summed E-state index contributed by atoms with van der Waals surface area (Å²) in [6, 6.07) is 5.94. The summed E-state index contributed by atoms with van der Waals surface area (Å²) in [5.74, 6) is 0.729. The van der Waals surface area contributed by atoms with Crippen LogP contribution in [0.5, 0.6) is 0 Å². The molecular weight excluding hydrogens is 423 g/mol. The molecule has 0 fully saturated rings. The highest BCUT2D eigenvalue weighted by molar-refractivity contribution is 8.03. The van der Waals surface area contributed by atoms with Crippen molar-refractivity contribution < 1.29 is 5.11 Å². The van der Waals surface area contributed by atoms with Crippen molar-refractivity contribution in [3.63, 3.8) is 0 Å². The van der Waals surface area contributed by atoms with Crippen LogP contribution in [0.3, 0.4) is 0 Å². The van der Waals surface area contributed by atoms with Crippen LogP contribution < -0.4 is 0 Å². The Balaban J connectivity index is 2.11. The number of pyridine rings is 1. The number of alkyl halides is 1. The predicted octanol–water partition coefficient (Wildman–Crippen LogP) is 6.52. The zero-order valence-electron chi connectivity index (χ0n) is 17.0. The van der Waals surface area contributed by atoms with E-state index in [1.54, 1.807) is 11.8 Å². The number of aliphatic hydroxyl groups is 1. The Morgan fingerprint density at radius 1 is 1.28 bits per heavy atom. The van der Waals surface area contributed by atoms with E-state index in [0.29, 0.717) is 18.8 Å². The maximum Gasteiger partial charge on any atom is 0.0841 e. The number of hydrogen-bond donors (Lipinski definition) is 1. The number of nitrogens with zero attached hydrogens (tertiary/aromatic N) is 2. The van der Waals surface area contributed by atoms with E-state index in [-0.39, 0.29) is 12.5 Å². The molecule has 2 aromatic heterocycles. The van der Waals surface area contributed by atoms with Gasteiger partial charge in [0.05, 0.1) is 23.9 Å². The van der Waals surface area contributed by atoms with Crippen LogP contribution in [-0.4, -0.2) is 20.5 Å². The standard InChI is InChI=1S/C23H26Cl2N2OS/c1-15(2)22-21(14-28)16(3)27(13-19-6-4-5-9-26-19)23(22)29-20-10-17(12-24)7-8-18(25)11-20/h4-7,9-11,15,28H,8,12-14H2,1-3H3. The Morgan fingerprint density at radius 3 is 2.69 bits per heavy atom. The molecule has 1 N–H and O–H groups in total. The fraction of sp³-hybridized carbons (Fsp3) is 0.348. The molecule has 3 nitrogen and oxygen atoms in total. The summed E-state index contributed by atoms with van der Waals surface area (Å²) in [5, 5.41) is 12.0. The molecule has 0 aliphatic heterocycles. The first-order chi connectivity index (χ1) is 13.9. The van der Waals surface area contributed by atoms with E-state index in [9.17, 15) is 5.11 Å². The van der Waals surface area contributed by atoms with Gasteiger partial charge in [-0.1, -0.05) is 49.4 Å². The average molecular weight is 449 g/mol. The first-order valence-corrected chi connectivity index (χ1v) is 11.4. The van der Waals surface area contributed by atoms with Crippen LogP contribution in [0, 0.1) is 6.92 Å². The molecule has 0 aromatic carbocycles. The van der Waals surface area contributed by atoms with Gasteiger partial charge in [-0.25, -0.2) is 0 Å². The van der Waals surface area contributed by atoms with E-state index in [4.69, 9.17) is 23.2 Å². The van der Waals surface area contributed by atoms with Crippen LogP contribution in [0.15, 0.2) is 63.2 Å². The Hall–Kier alpha value is -1.46. The van der Waals surface area contributed by atoms with Crippen molar-refractivity contribution in [3.05, 3.63) is 80.6 Å². The lowest BCUT2D eigenvalue weighted by atomic mass is 10.0. The van der Waals surface area contributed by atoms with Crippen LogP contribution in [-0.2, 0) is 13.2 Å². The van der Waals surface area contributed by atoms with Gasteiger partial charge in [0.25, 0.3) is 0 Å². The van der Waals surface area contributed by atoms with Crippen LogP contribution >= 0.6 is 35.0 Å². The molecule has 0 atom stereocenters. The van der Waals surface area contributed by atoms with Crippen molar-refractivity contribution in [1.82, 2.24) is 9.55 Å². The molecule has 1 aliphatic rings. The monoisotopic (exact) mass is 448 g/mol. The molecule has 0 radical (unpaired) electrons. The normalized spacial score (nSPS) is 14.5. The highest BCUT2D eigenvalue weighted by Crippen LogP contribution is 2.41. The van der Waals surface area contributed by atoms with Crippen molar-refractivity contribution in [2.45, 2.75) is 51.3 Å². The zero-order valence-corrected chi connectivity index (χ0v) is 19.3. The fourth-order valence-corrected chi connectivity index (χ4v) is 5.38. The molecule has 0 amide bonds. The third-order valence-corrected chi connectivity index (χ3v) is 6.66. The van der Waals surface area contributed by atoms with Gasteiger partial charge in [0, 0.05) is 39.7 Å². The van der Waals surface area contributed by atoms with Gasteiger partial charge >= 0.3 is 0 Å². The lowest BCUT2D eigenvalue weighted by Gasteiger charge is -2.15. The van der Waals surface area contributed by atoms with Crippen molar-refractivity contribution in [1.29, 1.82) is 0 Å². The lowest BCUT2D eigenvalue weighted by molar-refractivity contribution is 0.279. The summed E-state index contributed by atoms with van der Waals surface area (Å²) in [6.07, 6.45) is 8.68. The molecular formula is C23H26Cl2N2OS. The van der Waals surface area contributed by atoms with Crippen molar-refractivity contribution in [2.75, 3.05) is 5.88 Å². The van der Waals surface area contributed by atoms with Crippen molar-refractivity contribution in [3.8, 4) is 0 Å². The number of thioether (sulfide) groups is 1. The summed E-state index contributed by atoms with van der Waals surface area (Å²) < 4.78 is 2.26. The molecule has 0 saturated carbocycles. The maximum absolute atomic E-state index is 10.1. The van der Waals surface area contributed by atoms with E-state index in [0.717, 1.165) is 37.5 Å². The maximum atomic E-state index is 10.1. The molecule has 0 spiro atoms. The predicted molar refractivity (Wildman–Crippen MR) is 124 cm³/mol. The summed E-state index contributed by atoms with van der Waals surface area (Å²) in [7, 11) is 0. The molecule has 1 aliphatic carbocycles. The number of aromatic nitrogens is 2. The number of aliphatic hydroxyl groups excluding tert-OH is 1. The summed E-state index contributed by atoms with van der Waals surface area (Å²) in [4.78, 5) is 5.55. The molecule has 3 rings (SSSR count). The molecule has 2 heterocycles. The minimum absolute atomic E-state index is 0.0185. The number of hydrogen-bond acceptors (Lipinski definition) is 3. The first-order valence-electron chi connectivity index (χ1n) is 9.67. The van der Waals surface area contributed by atoms with Crippen LogP contribution in [0.2, 0.25) is 0 Å². The van der Waals surface area contributed by atoms with Crippen molar-refractivity contribution >= 4 is 35.0 Å². The smallest absolute Gasteiger partial charge is 0.0841 e. The Kier molecular flexibility index (Phi) is 7.69. The Morgan fingerprint density at radius 2 is 2.07 bits per heavy atom. The zero-order chi connectivity index (χ0) is 21.0. The molecule has 0 unspecified atom stereocenters. The van der Waals surface area contributed by atoms with Crippen LogP contribution in [0.25, 0.3) is 0 Å². The van der Waals surface area contributed by atoms with E-state index in [2.05, 4.69) is 42.5 Å². The van der Waals surface area contributed by atoms with Gasteiger partial charge in [-0.3, -0.25) is 4.98 Å². The summed E-state index contributed by atoms with van der Waals surface area (Å²) in [6.45, 7) is 7.07. The van der Waals surface area contributed by atoms with Gasteiger partial charge in [0.2, 0.25) is 0 Å².